The Morgan fingerprint density at radius 2 is 2.35 bits per heavy atom. The number of fused-ring (bicyclic) bond motifs is 1. The normalized spacial score (nSPS) is 15.6. The van der Waals surface area contributed by atoms with Gasteiger partial charge < -0.3 is 14.4 Å². The summed E-state index contributed by atoms with van der Waals surface area (Å²) in [6, 6.07) is 0. The van der Waals surface area contributed by atoms with Gasteiger partial charge in [0.05, 0.1) is 12.3 Å². The Labute approximate surface area is 104 Å². The Bertz CT molecular complexity index is 405. The summed E-state index contributed by atoms with van der Waals surface area (Å²) in [7, 11) is 3.63. The first-order chi connectivity index (χ1) is 8.20. The monoisotopic (exact) mass is 256 g/mol. The topological polar surface area (TPSA) is 51.7 Å². The molecule has 5 nitrogen and oxygen atoms in total. The van der Waals surface area contributed by atoms with E-state index in [1.807, 2.05) is 0 Å². The largest absolute Gasteiger partial charge is 0.458 e. The molecule has 0 spiro atoms. The van der Waals surface area contributed by atoms with E-state index in [1.165, 1.54) is 16.2 Å². The summed E-state index contributed by atoms with van der Waals surface area (Å²) in [6.07, 6.45) is 0.967. The number of aromatic nitrogens is 1. The number of methoxy groups -OCH3 is 1. The van der Waals surface area contributed by atoms with Crippen LogP contribution in [0.15, 0.2) is 0 Å². The predicted molar refractivity (Wildman–Crippen MR) is 64.3 cm³/mol. The van der Waals surface area contributed by atoms with Crippen molar-refractivity contribution in [3.63, 3.8) is 0 Å². The number of thiazole rings is 1. The molecule has 0 aliphatic carbocycles. The minimum atomic E-state index is -0.343. The highest BCUT2D eigenvalue weighted by molar-refractivity contribution is 7.13. The fraction of sp³-hybridized carbons (Fsp3) is 0.636. The number of esters is 1. The number of carbonyl (C=O) groups excluding carboxylic acids is 1. The molecule has 0 aromatic carbocycles. The van der Waals surface area contributed by atoms with Gasteiger partial charge in [0.25, 0.3) is 0 Å². The molecule has 0 amide bonds. The van der Waals surface area contributed by atoms with Crippen molar-refractivity contribution in [1.29, 1.82) is 0 Å². The lowest BCUT2D eigenvalue weighted by Gasteiger charge is -2.20. The molecule has 0 atom stereocenters. The minimum Gasteiger partial charge on any atom is -0.458 e. The van der Waals surface area contributed by atoms with Crippen LogP contribution in [0.3, 0.4) is 0 Å². The molecule has 1 aromatic rings. The summed E-state index contributed by atoms with van der Waals surface area (Å²) in [5, 5.41) is 0.460. The number of rotatable bonds is 4. The van der Waals surface area contributed by atoms with Crippen LogP contribution < -0.4 is 0 Å². The molecule has 0 unspecified atom stereocenters. The molecule has 0 N–H and O–H groups in total. The molecule has 2 heterocycles. The zero-order chi connectivity index (χ0) is 12.3. The van der Waals surface area contributed by atoms with Crippen LogP contribution in [0.2, 0.25) is 0 Å². The lowest BCUT2D eigenvalue weighted by atomic mass is 10.2. The number of carbonyl (C=O) groups is 1. The smallest absolute Gasteiger partial charge is 0.367 e. The van der Waals surface area contributed by atoms with Crippen molar-refractivity contribution in [3.05, 3.63) is 15.6 Å². The Kier molecular flexibility index (Phi) is 4.09. The quantitative estimate of drug-likeness (QED) is 0.592. The van der Waals surface area contributed by atoms with E-state index >= 15 is 0 Å². The van der Waals surface area contributed by atoms with E-state index in [4.69, 9.17) is 9.47 Å². The van der Waals surface area contributed by atoms with Crippen molar-refractivity contribution in [3.8, 4) is 0 Å². The standard InChI is InChI=1S/C11H16N2O3S/c1-13-4-3-9-8(7-13)12-10(17-9)11(14)16-6-5-15-2/h3-7H2,1-2H3. The predicted octanol–water partition coefficient (Wildman–Crippen LogP) is 0.934. The summed E-state index contributed by atoms with van der Waals surface area (Å²) in [5.41, 5.74) is 1.02. The van der Waals surface area contributed by atoms with Crippen LogP contribution in [0.5, 0.6) is 0 Å². The van der Waals surface area contributed by atoms with Crippen LogP contribution >= 0.6 is 11.3 Å². The van der Waals surface area contributed by atoms with Gasteiger partial charge in [-0.25, -0.2) is 9.78 Å². The van der Waals surface area contributed by atoms with E-state index in [0.717, 1.165) is 25.2 Å². The first-order valence-corrected chi connectivity index (χ1v) is 6.35. The first kappa shape index (κ1) is 12.5. The minimum absolute atomic E-state index is 0.277. The van der Waals surface area contributed by atoms with Crippen LogP contribution in [0, 0.1) is 0 Å². The Hall–Kier alpha value is -0.980. The highest BCUT2D eigenvalue weighted by atomic mass is 32.1. The maximum absolute atomic E-state index is 11.7. The summed E-state index contributed by atoms with van der Waals surface area (Å²) < 4.78 is 9.87. The number of likely N-dealkylation sites (N-methyl/N-ethyl adjacent to an activating group) is 1. The second-order valence-electron chi connectivity index (χ2n) is 4.01. The van der Waals surface area contributed by atoms with E-state index in [1.54, 1.807) is 7.11 Å². The van der Waals surface area contributed by atoms with E-state index in [2.05, 4.69) is 16.9 Å². The van der Waals surface area contributed by atoms with Crippen molar-refractivity contribution in [2.45, 2.75) is 13.0 Å². The highest BCUT2D eigenvalue weighted by Crippen LogP contribution is 2.24. The third-order valence-corrected chi connectivity index (χ3v) is 3.75. The molecule has 0 saturated heterocycles. The van der Waals surface area contributed by atoms with Gasteiger partial charge >= 0.3 is 5.97 Å². The van der Waals surface area contributed by atoms with Gasteiger partial charge in [0.1, 0.15) is 6.61 Å². The van der Waals surface area contributed by atoms with Crippen molar-refractivity contribution >= 4 is 17.3 Å². The number of hydrogen-bond donors (Lipinski definition) is 0. The van der Waals surface area contributed by atoms with Crippen LogP contribution in [-0.2, 0) is 22.4 Å². The third-order valence-electron chi connectivity index (χ3n) is 2.61. The fourth-order valence-corrected chi connectivity index (χ4v) is 2.65. The molecule has 0 radical (unpaired) electrons. The second-order valence-corrected chi connectivity index (χ2v) is 5.09. The fourth-order valence-electron chi connectivity index (χ4n) is 1.70. The molecule has 0 fully saturated rings. The number of hydrogen-bond acceptors (Lipinski definition) is 6. The molecule has 1 aliphatic heterocycles. The summed E-state index contributed by atoms with van der Waals surface area (Å²) >= 11 is 1.45. The maximum Gasteiger partial charge on any atom is 0.367 e. The molecular formula is C11H16N2O3S. The summed E-state index contributed by atoms with van der Waals surface area (Å²) in [6.45, 7) is 2.53. The number of nitrogens with zero attached hydrogens (tertiary/aromatic N) is 2. The average molecular weight is 256 g/mol. The van der Waals surface area contributed by atoms with Gasteiger partial charge in [-0.3, -0.25) is 0 Å². The van der Waals surface area contributed by atoms with Crippen molar-refractivity contribution in [2.24, 2.45) is 0 Å². The first-order valence-electron chi connectivity index (χ1n) is 5.54. The van der Waals surface area contributed by atoms with Crippen LogP contribution in [0.25, 0.3) is 0 Å². The van der Waals surface area contributed by atoms with Gasteiger partial charge in [-0.05, 0) is 13.5 Å². The molecule has 17 heavy (non-hydrogen) atoms. The second kappa shape index (κ2) is 5.57. The van der Waals surface area contributed by atoms with Gasteiger partial charge in [-0.2, -0.15) is 0 Å². The van der Waals surface area contributed by atoms with E-state index < -0.39 is 0 Å². The summed E-state index contributed by atoms with van der Waals surface area (Å²) in [5.74, 6) is -0.343. The van der Waals surface area contributed by atoms with E-state index in [0.29, 0.717) is 11.6 Å². The molecular weight excluding hydrogens is 240 g/mol. The maximum atomic E-state index is 11.7. The Morgan fingerprint density at radius 3 is 3.12 bits per heavy atom. The molecule has 1 aliphatic rings. The van der Waals surface area contributed by atoms with Gasteiger partial charge in [0.15, 0.2) is 0 Å². The lowest BCUT2D eigenvalue weighted by Crippen LogP contribution is -2.25. The molecule has 0 bridgehead atoms. The van der Waals surface area contributed by atoms with Gasteiger partial charge in [0.2, 0.25) is 5.01 Å². The van der Waals surface area contributed by atoms with Crippen LogP contribution in [-0.4, -0.2) is 49.8 Å². The zero-order valence-electron chi connectivity index (χ0n) is 10.1. The molecule has 2 rings (SSSR count). The SMILES string of the molecule is COCCOC(=O)c1nc2c(s1)CCN(C)C2. The highest BCUT2D eigenvalue weighted by Gasteiger charge is 2.21. The third kappa shape index (κ3) is 3.02. The van der Waals surface area contributed by atoms with Crippen molar-refractivity contribution in [2.75, 3.05) is 33.9 Å². The molecule has 0 saturated carbocycles. The zero-order valence-corrected chi connectivity index (χ0v) is 10.9. The number of ether oxygens (including phenoxy) is 2. The van der Waals surface area contributed by atoms with Crippen molar-refractivity contribution in [1.82, 2.24) is 9.88 Å². The average Bonchev–Trinajstić information content (AvgIpc) is 2.72. The van der Waals surface area contributed by atoms with Crippen molar-refractivity contribution < 1.29 is 14.3 Å². The summed E-state index contributed by atoms with van der Waals surface area (Å²) in [4.78, 5) is 19.4. The van der Waals surface area contributed by atoms with E-state index in [-0.39, 0.29) is 12.6 Å². The lowest BCUT2D eigenvalue weighted by molar-refractivity contribution is 0.0387. The molecule has 94 valence electrons. The molecule has 6 heteroatoms. The van der Waals surface area contributed by atoms with Gasteiger partial charge in [0, 0.05) is 25.1 Å². The van der Waals surface area contributed by atoms with Gasteiger partial charge in [-0.15, -0.1) is 11.3 Å². The van der Waals surface area contributed by atoms with Crippen LogP contribution in [0.4, 0.5) is 0 Å². The molecule has 1 aromatic heterocycles. The van der Waals surface area contributed by atoms with Crippen LogP contribution in [0.1, 0.15) is 20.4 Å². The Balaban J connectivity index is 2.00. The van der Waals surface area contributed by atoms with E-state index in [9.17, 15) is 4.79 Å². The van der Waals surface area contributed by atoms with Gasteiger partial charge in [-0.1, -0.05) is 0 Å². The Morgan fingerprint density at radius 1 is 1.53 bits per heavy atom.